The average molecular weight is 719 g/mol. The molecule has 0 atom stereocenters. The fourth-order valence-corrected chi connectivity index (χ4v) is 10.2. The lowest BCUT2D eigenvalue weighted by atomic mass is 9.81. The van der Waals surface area contributed by atoms with Crippen molar-refractivity contribution < 1.29 is 0 Å². The Kier molecular flexibility index (Phi) is 6.98. The topological polar surface area (TPSA) is 8.17 Å². The van der Waals surface area contributed by atoms with Gasteiger partial charge in [0.25, 0.3) is 0 Å². The molecular formula is C54H42N2. The van der Waals surface area contributed by atoms with Crippen LogP contribution in [-0.4, -0.2) is 4.57 Å². The molecule has 0 unspecified atom stereocenters. The van der Waals surface area contributed by atoms with Crippen molar-refractivity contribution in [1.82, 2.24) is 4.57 Å². The number of fused-ring (bicyclic) bond motifs is 9. The van der Waals surface area contributed by atoms with Crippen LogP contribution in [0, 0.1) is 0 Å². The quantitative estimate of drug-likeness (QED) is 0.172. The molecule has 2 nitrogen and oxygen atoms in total. The summed E-state index contributed by atoms with van der Waals surface area (Å²) in [4.78, 5) is 2.56. The van der Waals surface area contributed by atoms with E-state index < -0.39 is 0 Å². The Balaban J connectivity index is 1.14. The van der Waals surface area contributed by atoms with Crippen molar-refractivity contribution in [2.24, 2.45) is 0 Å². The summed E-state index contributed by atoms with van der Waals surface area (Å²) in [5, 5.41) is 2.54. The van der Waals surface area contributed by atoms with E-state index in [-0.39, 0.29) is 10.8 Å². The zero-order valence-corrected chi connectivity index (χ0v) is 32.2. The highest BCUT2D eigenvalue weighted by Gasteiger charge is 2.41. The van der Waals surface area contributed by atoms with E-state index in [2.05, 4.69) is 219 Å². The SMILES string of the molecule is CC1(C)c2ccccc2-c2c(N(c3cccc(-c4cccc(-n5c6ccccc6c6ccccc65)c4)c3)c3cccc4c3C(C)(C)c3ccccc3-4)cccc21. The third-order valence-corrected chi connectivity index (χ3v) is 12.7. The van der Waals surface area contributed by atoms with Crippen LogP contribution in [-0.2, 0) is 10.8 Å². The predicted octanol–water partition coefficient (Wildman–Crippen LogP) is 14.5. The molecule has 0 N–H and O–H groups in total. The highest BCUT2D eigenvalue weighted by molar-refractivity contribution is 6.09. The summed E-state index contributed by atoms with van der Waals surface area (Å²) >= 11 is 0. The van der Waals surface area contributed by atoms with Crippen LogP contribution in [0.5, 0.6) is 0 Å². The van der Waals surface area contributed by atoms with E-state index in [1.807, 2.05) is 0 Å². The number of para-hydroxylation sites is 2. The van der Waals surface area contributed by atoms with E-state index in [1.165, 1.54) is 88.8 Å². The molecule has 2 aliphatic rings. The Morgan fingerprint density at radius 1 is 0.411 bits per heavy atom. The fraction of sp³-hybridized carbons (Fsp3) is 0.111. The maximum absolute atomic E-state index is 2.56. The molecule has 2 heteroatoms. The van der Waals surface area contributed by atoms with E-state index in [0.717, 1.165) is 11.4 Å². The molecule has 0 fully saturated rings. The van der Waals surface area contributed by atoms with Crippen LogP contribution in [0.4, 0.5) is 17.1 Å². The van der Waals surface area contributed by atoms with Gasteiger partial charge < -0.3 is 9.47 Å². The minimum absolute atomic E-state index is 0.114. The van der Waals surface area contributed by atoms with Gasteiger partial charge in [0.1, 0.15) is 0 Å². The predicted molar refractivity (Wildman–Crippen MR) is 236 cm³/mol. The summed E-state index contributed by atoms with van der Waals surface area (Å²) in [5.41, 5.74) is 20.0. The van der Waals surface area contributed by atoms with Crippen LogP contribution >= 0.6 is 0 Å². The van der Waals surface area contributed by atoms with Crippen LogP contribution in [0.3, 0.4) is 0 Å². The first-order chi connectivity index (χ1) is 27.3. The Hall–Kier alpha value is -6.64. The summed E-state index contributed by atoms with van der Waals surface area (Å²) in [6.07, 6.45) is 0. The number of anilines is 3. The minimum Gasteiger partial charge on any atom is -0.310 e. The molecule has 268 valence electrons. The van der Waals surface area contributed by atoms with Gasteiger partial charge in [0.05, 0.1) is 22.4 Å². The second-order valence-corrected chi connectivity index (χ2v) is 16.5. The summed E-state index contributed by atoms with van der Waals surface area (Å²) in [6.45, 7) is 9.53. The maximum Gasteiger partial charge on any atom is 0.0543 e. The van der Waals surface area contributed by atoms with E-state index in [1.54, 1.807) is 0 Å². The van der Waals surface area contributed by atoms with Crippen molar-refractivity contribution in [3.05, 3.63) is 204 Å². The van der Waals surface area contributed by atoms with Gasteiger partial charge in [0.15, 0.2) is 0 Å². The maximum atomic E-state index is 2.56. The number of aromatic nitrogens is 1. The van der Waals surface area contributed by atoms with E-state index in [0.29, 0.717) is 0 Å². The van der Waals surface area contributed by atoms with Gasteiger partial charge in [-0.2, -0.15) is 0 Å². The van der Waals surface area contributed by atoms with Crippen LogP contribution in [0.2, 0.25) is 0 Å². The summed E-state index contributed by atoms with van der Waals surface area (Å²) in [5.74, 6) is 0. The molecule has 0 aliphatic heterocycles. The van der Waals surface area contributed by atoms with Crippen LogP contribution in [0.1, 0.15) is 49.9 Å². The van der Waals surface area contributed by atoms with Crippen molar-refractivity contribution in [2.75, 3.05) is 4.90 Å². The number of benzene rings is 8. The standard InChI is InChI=1S/C54H42N2/c1-53(2)45-27-10-6-24-43(45)51-46(53)28-16-31-49(51)56(50-32-15-25-42-39-21-5-9-26-44(39)54(3,4)52(42)50)38-20-14-18-36(34-38)35-17-13-19-37(33-35)55-47-29-11-7-22-40(47)41-23-8-12-30-48(41)55/h5-34H,1-4H3. The smallest absolute Gasteiger partial charge is 0.0543 e. The molecule has 0 saturated carbocycles. The third kappa shape index (κ3) is 4.56. The normalized spacial score (nSPS) is 14.4. The first-order valence-corrected chi connectivity index (χ1v) is 19.8. The van der Waals surface area contributed by atoms with E-state index in [9.17, 15) is 0 Å². The van der Waals surface area contributed by atoms with Crippen molar-refractivity contribution in [2.45, 2.75) is 38.5 Å². The zero-order chi connectivity index (χ0) is 37.8. The van der Waals surface area contributed by atoms with Crippen LogP contribution < -0.4 is 4.90 Å². The van der Waals surface area contributed by atoms with Gasteiger partial charge >= 0.3 is 0 Å². The van der Waals surface area contributed by atoms with Gasteiger partial charge in [-0.1, -0.05) is 161 Å². The lowest BCUT2D eigenvalue weighted by Gasteiger charge is -2.34. The van der Waals surface area contributed by atoms with Crippen molar-refractivity contribution in [3.63, 3.8) is 0 Å². The molecule has 9 aromatic rings. The Morgan fingerprint density at radius 2 is 0.946 bits per heavy atom. The van der Waals surface area contributed by atoms with Crippen molar-refractivity contribution in [1.29, 1.82) is 0 Å². The first kappa shape index (κ1) is 32.8. The van der Waals surface area contributed by atoms with Crippen LogP contribution in [0.15, 0.2) is 182 Å². The molecule has 11 rings (SSSR count). The molecule has 0 saturated heterocycles. The molecule has 2 aliphatic carbocycles. The van der Waals surface area contributed by atoms with Crippen molar-refractivity contribution in [3.8, 4) is 39.1 Å². The van der Waals surface area contributed by atoms with E-state index in [4.69, 9.17) is 0 Å². The molecule has 0 radical (unpaired) electrons. The lowest BCUT2D eigenvalue weighted by Crippen LogP contribution is -2.21. The van der Waals surface area contributed by atoms with Gasteiger partial charge in [0, 0.05) is 38.5 Å². The highest BCUT2D eigenvalue weighted by Crippen LogP contribution is 2.58. The third-order valence-electron chi connectivity index (χ3n) is 12.7. The molecular weight excluding hydrogens is 677 g/mol. The lowest BCUT2D eigenvalue weighted by molar-refractivity contribution is 0.659. The molecule has 56 heavy (non-hydrogen) atoms. The number of hydrogen-bond donors (Lipinski definition) is 0. The Labute approximate surface area is 328 Å². The first-order valence-electron chi connectivity index (χ1n) is 19.8. The molecule has 0 spiro atoms. The molecule has 1 heterocycles. The second-order valence-electron chi connectivity index (χ2n) is 16.5. The molecule has 0 bridgehead atoms. The number of hydrogen-bond acceptors (Lipinski definition) is 1. The summed E-state index contributed by atoms with van der Waals surface area (Å²) in [7, 11) is 0. The van der Waals surface area contributed by atoms with Gasteiger partial charge in [-0.3, -0.25) is 0 Å². The van der Waals surface area contributed by atoms with Gasteiger partial charge in [-0.05, 0) is 98.6 Å². The van der Waals surface area contributed by atoms with Gasteiger partial charge in [-0.15, -0.1) is 0 Å². The fourth-order valence-electron chi connectivity index (χ4n) is 10.2. The zero-order valence-electron chi connectivity index (χ0n) is 32.2. The Morgan fingerprint density at radius 3 is 1.70 bits per heavy atom. The molecule has 1 aromatic heterocycles. The minimum atomic E-state index is -0.190. The molecule has 8 aromatic carbocycles. The second kappa shape index (κ2) is 11.9. The Bertz CT molecular complexity index is 2990. The summed E-state index contributed by atoms with van der Waals surface area (Å²) < 4.78 is 2.41. The summed E-state index contributed by atoms with van der Waals surface area (Å²) in [6, 6.07) is 67.5. The van der Waals surface area contributed by atoms with Gasteiger partial charge in [0.2, 0.25) is 0 Å². The number of nitrogens with zero attached hydrogens (tertiary/aromatic N) is 2. The highest BCUT2D eigenvalue weighted by atomic mass is 15.2. The monoisotopic (exact) mass is 718 g/mol. The molecule has 0 amide bonds. The van der Waals surface area contributed by atoms with Crippen LogP contribution in [0.25, 0.3) is 60.9 Å². The number of rotatable bonds is 5. The van der Waals surface area contributed by atoms with Gasteiger partial charge in [-0.25, -0.2) is 0 Å². The average Bonchev–Trinajstić information content (AvgIpc) is 3.79. The largest absolute Gasteiger partial charge is 0.310 e. The van der Waals surface area contributed by atoms with Crippen molar-refractivity contribution >= 4 is 38.9 Å². The van der Waals surface area contributed by atoms with E-state index >= 15 is 0 Å².